The lowest BCUT2D eigenvalue weighted by molar-refractivity contribution is -0.116. The highest BCUT2D eigenvalue weighted by molar-refractivity contribution is 6.60. The molecule has 90 valence electrons. The zero-order valence-corrected chi connectivity index (χ0v) is 11.0. The zero-order chi connectivity index (χ0) is 11.7. The van der Waals surface area contributed by atoms with Crippen LogP contribution in [-0.4, -0.2) is 49.0 Å². The number of nitrogens with one attached hydrogen (secondary N) is 1. The van der Waals surface area contributed by atoms with E-state index in [1.54, 1.807) is 28.3 Å². The van der Waals surface area contributed by atoms with Crippen LogP contribution in [0.15, 0.2) is 0 Å². The molecule has 0 unspecified atom stereocenters. The Bertz CT molecular complexity index is 177. The number of ketones is 1. The second kappa shape index (κ2) is 7.95. The fourth-order valence-electron chi connectivity index (χ4n) is 1.25. The molecule has 0 bridgehead atoms. The summed E-state index contributed by atoms with van der Waals surface area (Å²) in [5, 5.41) is 3.04. The molecule has 6 heteroatoms. The van der Waals surface area contributed by atoms with Crippen molar-refractivity contribution in [1.82, 2.24) is 5.32 Å². The third-order valence-corrected chi connectivity index (χ3v) is 4.98. The van der Waals surface area contributed by atoms with E-state index < -0.39 is 8.80 Å². The van der Waals surface area contributed by atoms with Crippen LogP contribution in [0.4, 0.5) is 0 Å². The minimum atomic E-state index is -2.42. The summed E-state index contributed by atoms with van der Waals surface area (Å²) in [6, 6.07) is 0.751. The summed E-state index contributed by atoms with van der Waals surface area (Å²) in [6.07, 6.45) is 0.870. The maximum Gasteiger partial charge on any atom is 0.500 e. The lowest BCUT2D eigenvalue weighted by Gasteiger charge is -2.24. The molecule has 0 saturated heterocycles. The van der Waals surface area contributed by atoms with E-state index in [2.05, 4.69) is 5.32 Å². The Labute approximate surface area is 92.5 Å². The second-order valence-electron chi connectivity index (χ2n) is 3.28. The monoisotopic (exact) mass is 235 g/mol. The van der Waals surface area contributed by atoms with E-state index in [1.165, 1.54) is 0 Å². The van der Waals surface area contributed by atoms with Crippen molar-refractivity contribution in [2.75, 3.05) is 34.4 Å². The molecule has 0 aromatic carbocycles. The zero-order valence-electron chi connectivity index (χ0n) is 9.96. The van der Waals surface area contributed by atoms with E-state index in [1.807, 2.05) is 0 Å². The van der Waals surface area contributed by atoms with Crippen molar-refractivity contribution in [2.45, 2.75) is 19.4 Å². The molecule has 5 nitrogen and oxygen atoms in total. The SMILES string of the molecule is CO[Si](CCCNCC(C)=O)(OC)OC. The maximum absolute atomic E-state index is 10.6. The van der Waals surface area contributed by atoms with Crippen LogP contribution in [0, 0.1) is 0 Å². The average molecular weight is 235 g/mol. The van der Waals surface area contributed by atoms with Crippen LogP contribution in [0.1, 0.15) is 13.3 Å². The molecule has 0 aromatic rings. The summed E-state index contributed by atoms with van der Waals surface area (Å²) in [5.41, 5.74) is 0. The molecule has 0 aliphatic carbocycles. The van der Waals surface area contributed by atoms with Gasteiger partial charge in [-0.15, -0.1) is 0 Å². The first-order valence-corrected chi connectivity index (χ1v) is 6.89. The summed E-state index contributed by atoms with van der Waals surface area (Å²) in [4.78, 5) is 10.6. The standard InChI is InChI=1S/C9H21NO4Si/c1-9(11)8-10-6-5-7-15(12-2,13-3)14-4/h10H,5-8H2,1-4H3. The highest BCUT2D eigenvalue weighted by atomic mass is 28.4. The largest absolute Gasteiger partial charge is 0.500 e. The number of rotatable bonds is 9. The fraction of sp³-hybridized carbons (Fsp3) is 0.889. The Balaban J connectivity index is 3.67. The molecule has 1 N–H and O–H groups in total. The van der Waals surface area contributed by atoms with Crippen LogP contribution >= 0.6 is 0 Å². The fourth-order valence-corrected chi connectivity index (χ4v) is 2.97. The highest BCUT2D eigenvalue weighted by Gasteiger charge is 2.36. The van der Waals surface area contributed by atoms with Crippen LogP contribution in [0.2, 0.25) is 6.04 Å². The van der Waals surface area contributed by atoms with Gasteiger partial charge in [-0.1, -0.05) is 0 Å². The minimum Gasteiger partial charge on any atom is -0.377 e. The smallest absolute Gasteiger partial charge is 0.377 e. The number of carbonyl (C=O) groups excluding carboxylic acids is 1. The first-order chi connectivity index (χ1) is 7.10. The van der Waals surface area contributed by atoms with Crippen molar-refractivity contribution < 1.29 is 18.1 Å². The summed E-state index contributed by atoms with van der Waals surface area (Å²) in [7, 11) is 2.38. The number of carbonyl (C=O) groups is 1. The predicted molar refractivity (Wildman–Crippen MR) is 59.8 cm³/mol. The lowest BCUT2D eigenvalue weighted by atomic mass is 10.4. The topological polar surface area (TPSA) is 56.8 Å². The van der Waals surface area contributed by atoms with Gasteiger partial charge in [0.1, 0.15) is 5.78 Å². The van der Waals surface area contributed by atoms with E-state index in [0.29, 0.717) is 6.54 Å². The molecule has 0 amide bonds. The van der Waals surface area contributed by atoms with Gasteiger partial charge in [0.25, 0.3) is 0 Å². The van der Waals surface area contributed by atoms with Crippen LogP contribution < -0.4 is 5.32 Å². The maximum atomic E-state index is 10.6. The molecular formula is C9H21NO4Si. The van der Waals surface area contributed by atoms with Crippen molar-refractivity contribution in [1.29, 1.82) is 0 Å². The van der Waals surface area contributed by atoms with Gasteiger partial charge in [-0.2, -0.15) is 0 Å². The molecule has 0 rings (SSSR count). The van der Waals surface area contributed by atoms with Gasteiger partial charge < -0.3 is 18.6 Å². The summed E-state index contributed by atoms with van der Waals surface area (Å²) >= 11 is 0. The Morgan fingerprint density at radius 3 is 2.13 bits per heavy atom. The van der Waals surface area contributed by atoms with E-state index in [-0.39, 0.29) is 5.78 Å². The molecule has 0 heterocycles. The van der Waals surface area contributed by atoms with Gasteiger partial charge in [0, 0.05) is 27.4 Å². The Morgan fingerprint density at radius 1 is 1.20 bits per heavy atom. The second-order valence-corrected chi connectivity index (χ2v) is 6.37. The quantitative estimate of drug-likeness (QED) is 0.464. The number of hydrogen-bond acceptors (Lipinski definition) is 5. The predicted octanol–water partition coefficient (Wildman–Crippen LogP) is 0.433. The number of hydrogen-bond donors (Lipinski definition) is 1. The average Bonchev–Trinajstić information content (AvgIpc) is 2.24. The van der Waals surface area contributed by atoms with Gasteiger partial charge in [0.05, 0.1) is 6.54 Å². The van der Waals surface area contributed by atoms with Gasteiger partial charge in [0.2, 0.25) is 0 Å². The third kappa shape index (κ3) is 6.01. The Kier molecular flexibility index (Phi) is 7.80. The van der Waals surface area contributed by atoms with E-state index >= 15 is 0 Å². The molecule has 0 spiro atoms. The Hall–Kier alpha value is -0.273. The van der Waals surface area contributed by atoms with Gasteiger partial charge in [-0.05, 0) is 19.9 Å². The van der Waals surface area contributed by atoms with Crippen LogP contribution in [0.3, 0.4) is 0 Å². The molecule has 0 aromatic heterocycles. The molecule has 0 fully saturated rings. The van der Waals surface area contributed by atoms with Crippen molar-refractivity contribution in [3.63, 3.8) is 0 Å². The van der Waals surface area contributed by atoms with Crippen LogP contribution in [-0.2, 0) is 18.1 Å². The normalized spacial score (nSPS) is 11.7. The van der Waals surface area contributed by atoms with Crippen molar-refractivity contribution in [3.8, 4) is 0 Å². The molecule has 0 aliphatic heterocycles. The third-order valence-electron chi connectivity index (χ3n) is 2.14. The summed E-state index contributed by atoms with van der Waals surface area (Å²) in [5.74, 6) is 0.142. The van der Waals surface area contributed by atoms with Gasteiger partial charge >= 0.3 is 8.80 Å². The van der Waals surface area contributed by atoms with Gasteiger partial charge in [-0.3, -0.25) is 4.79 Å². The molecule has 0 saturated carbocycles. The lowest BCUT2D eigenvalue weighted by Crippen LogP contribution is -2.43. The highest BCUT2D eigenvalue weighted by Crippen LogP contribution is 2.14. The molecule has 0 atom stereocenters. The van der Waals surface area contributed by atoms with Crippen molar-refractivity contribution in [3.05, 3.63) is 0 Å². The van der Waals surface area contributed by atoms with Gasteiger partial charge in [-0.25, -0.2) is 0 Å². The minimum absolute atomic E-state index is 0.142. The first-order valence-electron chi connectivity index (χ1n) is 4.96. The van der Waals surface area contributed by atoms with E-state index in [4.69, 9.17) is 13.3 Å². The van der Waals surface area contributed by atoms with Crippen LogP contribution in [0.25, 0.3) is 0 Å². The van der Waals surface area contributed by atoms with E-state index in [0.717, 1.165) is 19.0 Å². The summed E-state index contributed by atoms with van der Waals surface area (Å²) in [6.45, 7) is 2.75. The van der Waals surface area contributed by atoms with Crippen molar-refractivity contribution >= 4 is 14.6 Å². The molecule has 15 heavy (non-hydrogen) atoms. The first kappa shape index (κ1) is 14.7. The molecule has 0 radical (unpaired) electrons. The van der Waals surface area contributed by atoms with Crippen molar-refractivity contribution in [2.24, 2.45) is 0 Å². The molecule has 0 aliphatic rings. The van der Waals surface area contributed by atoms with Gasteiger partial charge in [0.15, 0.2) is 0 Å². The Morgan fingerprint density at radius 2 is 1.73 bits per heavy atom. The van der Waals surface area contributed by atoms with Crippen LogP contribution in [0.5, 0.6) is 0 Å². The molecular weight excluding hydrogens is 214 g/mol. The van der Waals surface area contributed by atoms with E-state index in [9.17, 15) is 4.79 Å². The number of Topliss-reactive ketones (excluding diaryl/α,β-unsaturated/α-hetero) is 1. The summed E-state index contributed by atoms with van der Waals surface area (Å²) < 4.78 is 15.8.